The third-order valence-electron chi connectivity index (χ3n) is 4.41. The highest BCUT2D eigenvalue weighted by molar-refractivity contribution is 6.31. The zero-order chi connectivity index (χ0) is 14.7. The first-order chi connectivity index (χ1) is 10.3. The van der Waals surface area contributed by atoms with E-state index in [-0.39, 0.29) is 0 Å². The lowest BCUT2D eigenvalue weighted by Crippen LogP contribution is -2.33. The molecule has 1 N–H and O–H groups in total. The fourth-order valence-corrected chi connectivity index (χ4v) is 3.22. The van der Waals surface area contributed by atoms with Crippen molar-refractivity contribution in [2.45, 2.75) is 51.3 Å². The maximum atomic E-state index is 6.45. The van der Waals surface area contributed by atoms with Gasteiger partial charge in [-0.3, -0.25) is 0 Å². The molecule has 3 rings (SSSR count). The van der Waals surface area contributed by atoms with Gasteiger partial charge in [0.05, 0.1) is 6.10 Å². The molecule has 116 valence electrons. The van der Waals surface area contributed by atoms with E-state index in [1.165, 1.54) is 36.9 Å². The third kappa shape index (κ3) is 3.91. The largest absolute Gasteiger partial charge is 0.376 e. The minimum atomic E-state index is 0.369. The Bertz CT molecular complexity index is 470. The number of hydrogen-bond acceptors (Lipinski definition) is 3. The smallest absolute Gasteiger partial charge is 0.0750 e. The van der Waals surface area contributed by atoms with E-state index in [2.05, 4.69) is 29.3 Å². The zero-order valence-corrected chi connectivity index (χ0v) is 13.5. The van der Waals surface area contributed by atoms with Crippen molar-refractivity contribution in [3.05, 3.63) is 28.8 Å². The molecule has 0 bridgehead atoms. The fraction of sp³-hybridized carbons (Fsp3) is 0.647. The van der Waals surface area contributed by atoms with Gasteiger partial charge in [-0.15, -0.1) is 0 Å². The molecule has 1 aromatic carbocycles. The normalized spacial score (nSPS) is 21.7. The number of anilines is 1. The van der Waals surface area contributed by atoms with Gasteiger partial charge in [-0.2, -0.15) is 0 Å². The van der Waals surface area contributed by atoms with E-state index in [0.717, 1.165) is 31.3 Å². The number of halogens is 1. The van der Waals surface area contributed by atoms with Crippen molar-refractivity contribution in [3.8, 4) is 0 Å². The maximum absolute atomic E-state index is 6.45. The molecule has 2 fully saturated rings. The highest BCUT2D eigenvalue weighted by Gasteiger charge is 2.23. The Morgan fingerprint density at radius 2 is 2.19 bits per heavy atom. The second-order valence-electron chi connectivity index (χ2n) is 6.07. The molecule has 2 aliphatic rings. The summed E-state index contributed by atoms with van der Waals surface area (Å²) in [4.78, 5) is 2.41. The molecular formula is C17H25ClN2O. The summed E-state index contributed by atoms with van der Waals surface area (Å²) in [7, 11) is 0. The number of nitrogens with zero attached hydrogens (tertiary/aromatic N) is 1. The second kappa shape index (κ2) is 6.99. The quantitative estimate of drug-likeness (QED) is 0.833. The van der Waals surface area contributed by atoms with Crippen molar-refractivity contribution in [3.63, 3.8) is 0 Å². The molecule has 1 aromatic rings. The Kier molecular flexibility index (Phi) is 5.04. The highest BCUT2D eigenvalue weighted by Crippen LogP contribution is 2.30. The van der Waals surface area contributed by atoms with Crippen molar-refractivity contribution in [1.82, 2.24) is 5.32 Å². The van der Waals surface area contributed by atoms with E-state index >= 15 is 0 Å². The molecule has 0 amide bonds. The predicted molar refractivity (Wildman–Crippen MR) is 88.2 cm³/mol. The van der Waals surface area contributed by atoms with E-state index in [0.29, 0.717) is 12.1 Å². The van der Waals surface area contributed by atoms with Crippen LogP contribution in [0.15, 0.2) is 18.2 Å². The SMILES string of the molecule is CCN(CC1CCCO1)c1cccc(Cl)c1CNC1CC1. The minimum absolute atomic E-state index is 0.369. The van der Waals surface area contributed by atoms with Crippen LogP contribution in [0.5, 0.6) is 0 Å². The molecule has 1 saturated carbocycles. The van der Waals surface area contributed by atoms with Gasteiger partial charge in [0.1, 0.15) is 0 Å². The maximum Gasteiger partial charge on any atom is 0.0750 e. The van der Waals surface area contributed by atoms with E-state index < -0.39 is 0 Å². The first-order valence-corrected chi connectivity index (χ1v) is 8.53. The lowest BCUT2D eigenvalue weighted by atomic mass is 10.1. The average Bonchev–Trinajstić information content (AvgIpc) is 3.18. The Labute approximate surface area is 132 Å². The minimum Gasteiger partial charge on any atom is -0.376 e. The van der Waals surface area contributed by atoms with E-state index in [4.69, 9.17) is 16.3 Å². The number of nitrogens with one attached hydrogen (secondary N) is 1. The molecule has 1 aliphatic heterocycles. The van der Waals surface area contributed by atoms with Crippen molar-refractivity contribution < 1.29 is 4.74 Å². The Morgan fingerprint density at radius 1 is 1.33 bits per heavy atom. The predicted octanol–water partition coefficient (Wildman–Crippen LogP) is 3.60. The summed E-state index contributed by atoms with van der Waals surface area (Å²) in [6, 6.07) is 6.93. The van der Waals surface area contributed by atoms with Crippen molar-refractivity contribution in [2.75, 3.05) is 24.6 Å². The molecule has 0 aromatic heterocycles. The highest BCUT2D eigenvalue weighted by atomic mass is 35.5. The van der Waals surface area contributed by atoms with Gasteiger partial charge >= 0.3 is 0 Å². The second-order valence-corrected chi connectivity index (χ2v) is 6.47. The molecule has 1 heterocycles. The monoisotopic (exact) mass is 308 g/mol. The van der Waals surface area contributed by atoms with Crippen LogP contribution in [0.1, 0.15) is 38.2 Å². The third-order valence-corrected chi connectivity index (χ3v) is 4.76. The van der Waals surface area contributed by atoms with Gasteiger partial charge in [0.15, 0.2) is 0 Å². The number of likely N-dealkylation sites (N-methyl/N-ethyl adjacent to an activating group) is 1. The molecule has 1 unspecified atom stereocenters. The van der Waals surface area contributed by atoms with Crippen LogP contribution in [0, 0.1) is 0 Å². The van der Waals surface area contributed by atoms with Gasteiger partial charge in [0.2, 0.25) is 0 Å². The van der Waals surface area contributed by atoms with Crippen molar-refractivity contribution in [2.24, 2.45) is 0 Å². The van der Waals surface area contributed by atoms with Crippen LogP contribution in [-0.2, 0) is 11.3 Å². The van der Waals surface area contributed by atoms with E-state index in [9.17, 15) is 0 Å². The summed E-state index contributed by atoms with van der Waals surface area (Å²) in [5.41, 5.74) is 2.49. The molecular weight excluding hydrogens is 284 g/mol. The molecule has 4 heteroatoms. The van der Waals surface area contributed by atoms with Crippen LogP contribution >= 0.6 is 11.6 Å². The van der Waals surface area contributed by atoms with Gasteiger partial charge in [0, 0.05) is 48.6 Å². The zero-order valence-electron chi connectivity index (χ0n) is 12.8. The number of ether oxygens (including phenoxy) is 1. The van der Waals surface area contributed by atoms with Crippen molar-refractivity contribution >= 4 is 17.3 Å². The molecule has 0 spiro atoms. The summed E-state index contributed by atoms with van der Waals surface area (Å²) < 4.78 is 5.79. The van der Waals surface area contributed by atoms with Crippen molar-refractivity contribution in [1.29, 1.82) is 0 Å². The van der Waals surface area contributed by atoms with E-state index in [1.54, 1.807) is 0 Å². The molecule has 3 nitrogen and oxygen atoms in total. The molecule has 21 heavy (non-hydrogen) atoms. The molecule has 0 radical (unpaired) electrons. The number of benzene rings is 1. The van der Waals surface area contributed by atoms with Crippen LogP contribution in [0.25, 0.3) is 0 Å². The Hall–Kier alpha value is -0.770. The molecule has 1 aliphatic carbocycles. The van der Waals surface area contributed by atoms with Gasteiger partial charge in [-0.25, -0.2) is 0 Å². The first kappa shape index (κ1) is 15.1. The van der Waals surface area contributed by atoms with Crippen LogP contribution < -0.4 is 10.2 Å². The lowest BCUT2D eigenvalue weighted by molar-refractivity contribution is 0.115. The van der Waals surface area contributed by atoms with Gasteiger partial charge in [0.25, 0.3) is 0 Å². The van der Waals surface area contributed by atoms with E-state index in [1.807, 2.05) is 6.07 Å². The van der Waals surface area contributed by atoms with Crippen LogP contribution in [0.4, 0.5) is 5.69 Å². The van der Waals surface area contributed by atoms with Crippen LogP contribution in [0.2, 0.25) is 5.02 Å². The summed E-state index contributed by atoms with van der Waals surface area (Å²) in [6.07, 6.45) is 5.33. The van der Waals surface area contributed by atoms with Crippen LogP contribution in [-0.4, -0.2) is 31.8 Å². The molecule has 1 atom stereocenters. The summed E-state index contributed by atoms with van der Waals surface area (Å²) >= 11 is 6.45. The summed E-state index contributed by atoms with van der Waals surface area (Å²) in [6.45, 7) is 5.92. The van der Waals surface area contributed by atoms with Gasteiger partial charge in [-0.05, 0) is 44.7 Å². The number of rotatable bonds is 7. The van der Waals surface area contributed by atoms with Gasteiger partial charge < -0.3 is 15.0 Å². The lowest BCUT2D eigenvalue weighted by Gasteiger charge is -2.28. The molecule has 1 saturated heterocycles. The first-order valence-electron chi connectivity index (χ1n) is 8.15. The summed E-state index contributed by atoms with van der Waals surface area (Å²) in [5, 5.41) is 4.45. The van der Waals surface area contributed by atoms with Crippen LogP contribution in [0.3, 0.4) is 0 Å². The van der Waals surface area contributed by atoms with Gasteiger partial charge in [-0.1, -0.05) is 17.7 Å². The standard InChI is InChI=1S/C17H25ClN2O/c1-2-20(12-14-5-4-10-21-14)17-7-3-6-16(18)15(17)11-19-13-8-9-13/h3,6-7,13-14,19H,2,4-5,8-12H2,1H3. The number of hydrogen-bond donors (Lipinski definition) is 1. The Morgan fingerprint density at radius 3 is 2.86 bits per heavy atom. The average molecular weight is 309 g/mol. The fourth-order valence-electron chi connectivity index (χ4n) is 2.98. The Balaban J connectivity index is 1.74. The summed E-state index contributed by atoms with van der Waals surface area (Å²) in [5.74, 6) is 0. The topological polar surface area (TPSA) is 24.5 Å².